The Kier molecular flexibility index (Phi) is 5.85. The monoisotopic (exact) mass is 465 g/mol. The second-order valence-electron chi connectivity index (χ2n) is 7.92. The highest BCUT2D eigenvalue weighted by Gasteiger charge is 2.47. The number of benzene rings is 3. The van der Waals surface area contributed by atoms with Crippen molar-refractivity contribution >= 4 is 46.3 Å². The molecule has 32 heavy (non-hydrogen) atoms. The van der Waals surface area contributed by atoms with E-state index < -0.39 is 17.7 Å². The number of amides is 1. The van der Waals surface area contributed by atoms with Crippen molar-refractivity contribution in [1.82, 2.24) is 0 Å². The minimum Gasteiger partial charge on any atom is -0.507 e. The average molecular weight is 466 g/mol. The molecule has 4 nitrogen and oxygen atoms in total. The van der Waals surface area contributed by atoms with E-state index in [1.54, 1.807) is 24.3 Å². The van der Waals surface area contributed by atoms with E-state index in [1.807, 2.05) is 57.2 Å². The van der Waals surface area contributed by atoms with E-state index in [0.717, 1.165) is 22.3 Å². The maximum Gasteiger partial charge on any atom is 0.300 e. The number of carbonyl (C=O) groups excluding carboxylic acids is 2. The minimum atomic E-state index is -0.810. The molecule has 1 heterocycles. The van der Waals surface area contributed by atoms with Crippen LogP contribution < -0.4 is 4.90 Å². The van der Waals surface area contributed by atoms with Gasteiger partial charge in [0.25, 0.3) is 11.7 Å². The first kappa shape index (κ1) is 22.1. The molecular weight excluding hydrogens is 445 g/mol. The Bertz CT molecular complexity index is 1300. The second-order valence-corrected chi connectivity index (χ2v) is 8.74. The molecule has 1 atom stereocenters. The number of anilines is 1. The Balaban J connectivity index is 1.99. The molecule has 162 valence electrons. The van der Waals surface area contributed by atoms with Crippen LogP contribution >= 0.6 is 23.2 Å². The molecule has 1 fully saturated rings. The summed E-state index contributed by atoms with van der Waals surface area (Å²) in [5.41, 5.74) is 4.61. The van der Waals surface area contributed by atoms with E-state index in [1.165, 1.54) is 4.90 Å². The van der Waals surface area contributed by atoms with Crippen molar-refractivity contribution in [1.29, 1.82) is 0 Å². The predicted octanol–water partition coefficient (Wildman–Crippen LogP) is 6.54. The van der Waals surface area contributed by atoms with E-state index in [4.69, 9.17) is 23.2 Å². The largest absolute Gasteiger partial charge is 0.507 e. The van der Waals surface area contributed by atoms with Gasteiger partial charge in [-0.05, 0) is 67.3 Å². The van der Waals surface area contributed by atoms with Gasteiger partial charge in [0.2, 0.25) is 0 Å². The zero-order valence-electron chi connectivity index (χ0n) is 17.8. The molecule has 0 aliphatic carbocycles. The maximum atomic E-state index is 13.2. The van der Waals surface area contributed by atoms with Crippen LogP contribution in [0.25, 0.3) is 5.76 Å². The molecule has 4 rings (SSSR count). The molecule has 0 saturated carbocycles. The van der Waals surface area contributed by atoms with Crippen molar-refractivity contribution in [2.75, 3.05) is 4.90 Å². The van der Waals surface area contributed by atoms with Gasteiger partial charge in [-0.25, -0.2) is 0 Å². The van der Waals surface area contributed by atoms with Crippen LogP contribution in [0.1, 0.15) is 33.9 Å². The number of aliphatic hydroxyl groups excluding tert-OH is 1. The summed E-state index contributed by atoms with van der Waals surface area (Å²) >= 11 is 12.3. The second kappa shape index (κ2) is 8.45. The van der Waals surface area contributed by atoms with Crippen LogP contribution in [0.2, 0.25) is 10.0 Å². The Morgan fingerprint density at radius 1 is 0.844 bits per heavy atom. The standard InChI is InChI=1S/C26H21Cl2NO3/c1-14-8-9-17(12-16(14)3)24(30)22-23(19-7-5-4-6-15(19)2)29(26(32)25(22)31)18-10-11-20(27)21(28)13-18/h4-13,23,30H,1-3H3/b24-22+. The number of Topliss-reactive ketones (excluding diaryl/α,β-unsaturated/α-hetero) is 1. The number of aliphatic hydroxyl groups is 1. The van der Waals surface area contributed by atoms with E-state index >= 15 is 0 Å². The Morgan fingerprint density at radius 2 is 1.56 bits per heavy atom. The molecule has 0 aromatic heterocycles. The highest BCUT2D eigenvalue weighted by Crippen LogP contribution is 2.44. The highest BCUT2D eigenvalue weighted by molar-refractivity contribution is 6.52. The van der Waals surface area contributed by atoms with Crippen LogP contribution in [0, 0.1) is 20.8 Å². The van der Waals surface area contributed by atoms with Gasteiger partial charge in [0.15, 0.2) is 0 Å². The van der Waals surface area contributed by atoms with Crippen molar-refractivity contribution in [3.63, 3.8) is 0 Å². The molecule has 0 radical (unpaired) electrons. The van der Waals surface area contributed by atoms with E-state index in [2.05, 4.69) is 0 Å². The van der Waals surface area contributed by atoms with Crippen molar-refractivity contribution in [2.45, 2.75) is 26.8 Å². The zero-order valence-corrected chi connectivity index (χ0v) is 19.3. The first-order valence-electron chi connectivity index (χ1n) is 10.1. The smallest absolute Gasteiger partial charge is 0.300 e. The molecule has 1 unspecified atom stereocenters. The van der Waals surface area contributed by atoms with Gasteiger partial charge in [-0.3, -0.25) is 14.5 Å². The number of hydrogen-bond acceptors (Lipinski definition) is 3. The van der Waals surface area contributed by atoms with E-state index in [0.29, 0.717) is 16.3 Å². The maximum absolute atomic E-state index is 13.2. The van der Waals surface area contributed by atoms with Gasteiger partial charge in [0.05, 0.1) is 21.7 Å². The number of hydrogen-bond donors (Lipinski definition) is 1. The SMILES string of the molecule is Cc1ccc(/C(O)=C2\C(=O)C(=O)N(c3ccc(Cl)c(Cl)c3)C2c2ccccc2C)cc1C. The minimum absolute atomic E-state index is 0.0404. The molecule has 0 spiro atoms. The Hall–Kier alpha value is -3.08. The summed E-state index contributed by atoms with van der Waals surface area (Å²) in [6.07, 6.45) is 0. The zero-order chi connectivity index (χ0) is 23.2. The van der Waals surface area contributed by atoms with Crippen LogP contribution in [0.4, 0.5) is 5.69 Å². The molecule has 1 saturated heterocycles. The summed E-state index contributed by atoms with van der Waals surface area (Å²) in [6, 6.07) is 16.9. The summed E-state index contributed by atoms with van der Waals surface area (Å²) in [7, 11) is 0. The topological polar surface area (TPSA) is 57.6 Å². The Labute approximate surface area is 196 Å². The highest BCUT2D eigenvalue weighted by atomic mass is 35.5. The third-order valence-electron chi connectivity index (χ3n) is 5.89. The van der Waals surface area contributed by atoms with Crippen LogP contribution in [0.15, 0.2) is 66.2 Å². The lowest BCUT2D eigenvalue weighted by molar-refractivity contribution is -0.132. The molecular formula is C26H21Cl2NO3. The van der Waals surface area contributed by atoms with Gasteiger partial charge in [0.1, 0.15) is 5.76 Å². The third-order valence-corrected chi connectivity index (χ3v) is 6.63. The number of ketones is 1. The van der Waals surface area contributed by atoms with E-state index in [-0.39, 0.29) is 16.4 Å². The normalized spacial score (nSPS) is 17.8. The van der Waals surface area contributed by atoms with Gasteiger partial charge in [-0.15, -0.1) is 0 Å². The number of carbonyl (C=O) groups is 2. The number of rotatable bonds is 3. The van der Waals surface area contributed by atoms with Gasteiger partial charge >= 0.3 is 0 Å². The van der Waals surface area contributed by atoms with E-state index in [9.17, 15) is 14.7 Å². The lowest BCUT2D eigenvalue weighted by Gasteiger charge is -2.27. The first-order valence-corrected chi connectivity index (χ1v) is 10.9. The van der Waals surface area contributed by atoms with Crippen molar-refractivity contribution in [2.24, 2.45) is 0 Å². The molecule has 3 aromatic carbocycles. The van der Waals surface area contributed by atoms with Crippen molar-refractivity contribution < 1.29 is 14.7 Å². The molecule has 1 aliphatic heterocycles. The quantitative estimate of drug-likeness (QED) is 0.271. The molecule has 1 N–H and O–H groups in total. The number of nitrogens with zero attached hydrogens (tertiary/aromatic N) is 1. The van der Waals surface area contributed by atoms with Crippen LogP contribution in [-0.4, -0.2) is 16.8 Å². The summed E-state index contributed by atoms with van der Waals surface area (Å²) in [4.78, 5) is 27.8. The van der Waals surface area contributed by atoms with Crippen molar-refractivity contribution in [3.05, 3.63) is 104 Å². The van der Waals surface area contributed by atoms with Gasteiger partial charge in [-0.1, -0.05) is 59.6 Å². The lowest BCUT2D eigenvalue weighted by atomic mass is 9.92. The fraction of sp³-hybridized carbons (Fsp3) is 0.154. The van der Waals surface area contributed by atoms with Crippen LogP contribution in [0.3, 0.4) is 0 Å². The van der Waals surface area contributed by atoms with Gasteiger partial charge in [0, 0.05) is 11.3 Å². The average Bonchev–Trinajstić information content (AvgIpc) is 3.02. The third kappa shape index (κ3) is 3.70. The number of aryl methyl sites for hydroxylation is 3. The van der Waals surface area contributed by atoms with Crippen LogP contribution in [0.5, 0.6) is 0 Å². The summed E-state index contributed by atoms with van der Waals surface area (Å²) in [6.45, 7) is 5.80. The summed E-state index contributed by atoms with van der Waals surface area (Å²) in [5, 5.41) is 11.9. The van der Waals surface area contributed by atoms with Crippen molar-refractivity contribution in [3.8, 4) is 0 Å². The molecule has 3 aromatic rings. The lowest BCUT2D eigenvalue weighted by Crippen LogP contribution is -2.29. The summed E-state index contributed by atoms with van der Waals surface area (Å²) < 4.78 is 0. The summed E-state index contributed by atoms with van der Waals surface area (Å²) in [5.74, 6) is -1.69. The number of halogens is 2. The fourth-order valence-corrected chi connectivity index (χ4v) is 4.26. The molecule has 6 heteroatoms. The molecule has 1 aliphatic rings. The van der Waals surface area contributed by atoms with Gasteiger partial charge in [-0.2, -0.15) is 0 Å². The molecule has 1 amide bonds. The Morgan fingerprint density at radius 3 is 2.22 bits per heavy atom. The molecule has 0 bridgehead atoms. The fourth-order valence-electron chi connectivity index (χ4n) is 3.97. The predicted molar refractivity (Wildman–Crippen MR) is 128 cm³/mol. The van der Waals surface area contributed by atoms with Gasteiger partial charge < -0.3 is 5.11 Å². The van der Waals surface area contributed by atoms with Crippen LogP contribution in [-0.2, 0) is 9.59 Å². The first-order chi connectivity index (χ1) is 15.2.